The Morgan fingerprint density at radius 1 is 1.10 bits per heavy atom. The van der Waals surface area contributed by atoms with Gasteiger partial charge in [0.2, 0.25) is 0 Å². The molecule has 2 aromatic heterocycles. The Kier molecular flexibility index (Phi) is 6.09. The summed E-state index contributed by atoms with van der Waals surface area (Å²) in [4.78, 5) is 26.8. The molecule has 0 saturated heterocycles. The molecule has 156 valence electrons. The zero-order valence-electron chi connectivity index (χ0n) is 17.4. The molecule has 1 aliphatic rings. The van der Waals surface area contributed by atoms with Crippen molar-refractivity contribution in [3.8, 4) is 23.0 Å². The first-order valence-electron chi connectivity index (χ1n) is 10.3. The number of benzene rings is 1. The van der Waals surface area contributed by atoms with Crippen molar-refractivity contribution in [1.29, 1.82) is 0 Å². The molecule has 1 N–H and O–H groups in total. The summed E-state index contributed by atoms with van der Waals surface area (Å²) in [6, 6.07) is 11.6. The smallest absolute Gasteiger partial charge is 0.254 e. The molecular formula is C23H26N4O3. The van der Waals surface area contributed by atoms with E-state index in [1.165, 1.54) is 0 Å². The molecule has 0 spiro atoms. The fourth-order valence-corrected chi connectivity index (χ4v) is 3.70. The molecule has 7 nitrogen and oxygen atoms in total. The maximum absolute atomic E-state index is 12.6. The minimum Gasteiger partial charge on any atom is -0.490 e. The second-order valence-electron chi connectivity index (χ2n) is 7.16. The zero-order valence-corrected chi connectivity index (χ0v) is 17.4. The van der Waals surface area contributed by atoms with Crippen molar-refractivity contribution in [3.05, 3.63) is 69.8 Å². The van der Waals surface area contributed by atoms with E-state index in [-0.39, 0.29) is 5.56 Å². The highest BCUT2D eigenvalue weighted by Crippen LogP contribution is 2.29. The summed E-state index contributed by atoms with van der Waals surface area (Å²) in [7, 11) is 0. The summed E-state index contributed by atoms with van der Waals surface area (Å²) < 4.78 is 11.4. The van der Waals surface area contributed by atoms with Crippen LogP contribution in [0.4, 0.5) is 0 Å². The Hall–Kier alpha value is -3.19. The number of rotatable bonds is 7. The van der Waals surface area contributed by atoms with E-state index in [0.29, 0.717) is 37.7 Å². The van der Waals surface area contributed by atoms with Gasteiger partial charge in [-0.2, -0.15) is 0 Å². The lowest BCUT2D eigenvalue weighted by Gasteiger charge is -2.28. The lowest BCUT2D eigenvalue weighted by atomic mass is 10.1. The summed E-state index contributed by atoms with van der Waals surface area (Å²) in [5.41, 5.74) is 3.33. The van der Waals surface area contributed by atoms with Crippen LogP contribution in [0.15, 0.2) is 47.4 Å². The second-order valence-corrected chi connectivity index (χ2v) is 7.16. The van der Waals surface area contributed by atoms with Crippen LogP contribution in [0.5, 0.6) is 11.5 Å². The van der Waals surface area contributed by atoms with Crippen LogP contribution < -0.4 is 15.0 Å². The fourth-order valence-electron chi connectivity index (χ4n) is 3.70. The van der Waals surface area contributed by atoms with Gasteiger partial charge in [0.1, 0.15) is 5.69 Å². The van der Waals surface area contributed by atoms with Crippen LogP contribution in [0.3, 0.4) is 0 Å². The first-order valence-corrected chi connectivity index (χ1v) is 10.3. The van der Waals surface area contributed by atoms with Crippen molar-refractivity contribution < 1.29 is 9.47 Å². The van der Waals surface area contributed by atoms with Crippen molar-refractivity contribution in [1.82, 2.24) is 19.9 Å². The van der Waals surface area contributed by atoms with Gasteiger partial charge in [0.05, 0.1) is 18.9 Å². The maximum atomic E-state index is 12.6. The topological polar surface area (TPSA) is 80.3 Å². The van der Waals surface area contributed by atoms with Gasteiger partial charge in [-0.25, -0.2) is 4.98 Å². The highest BCUT2D eigenvalue weighted by molar-refractivity contribution is 5.49. The molecule has 0 radical (unpaired) electrons. The molecule has 3 heterocycles. The lowest BCUT2D eigenvalue weighted by Crippen LogP contribution is -2.35. The van der Waals surface area contributed by atoms with Gasteiger partial charge in [-0.05, 0) is 50.1 Å². The van der Waals surface area contributed by atoms with E-state index < -0.39 is 0 Å². The highest BCUT2D eigenvalue weighted by Gasteiger charge is 2.22. The number of nitrogens with one attached hydrogen (secondary N) is 1. The predicted molar refractivity (Wildman–Crippen MR) is 115 cm³/mol. The summed E-state index contributed by atoms with van der Waals surface area (Å²) in [6.45, 7) is 7.29. The van der Waals surface area contributed by atoms with Gasteiger partial charge in [0.25, 0.3) is 5.56 Å². The number of aromatic amines is 1. The van der Waals surface area contributed by atoms with E-state index in [2.05, 4.69) is 20.9 Å². The van der Waals surface area contributed by atoms with Gasteiger partial charge in [0.15, 0.2) is 17.3 Å². The monoisotopic (exact) mass is 406 g/mol. The van der Waals surface area contributed by atoms with E-state index in [1.807, 2.05) is 44.2 Å². The van der Waals surface area contributed by atoms with Crippen molar-refractivity contribution >= 4 is 0 Å². The number of ether oxygens (including phenoxy) is 2. The molecule has 0 unspecified atom stereocenters. The Morgan fingerprint density at radius 2 is 1.93 bits per heavy atom. The number of hydrogen-bond acceptors (Lipinski definition) is 6. The van der Waals surface area contributed by atoms with Crippen LogP contribution in [0.2, 0.25) is 0 Å². The Bertz CT molecular complexity index is 1070. The third-order valence-electron chi connectivity index (χ3n) is 5.07. The van der Waals surface area contributed by atoms with Crippen LogP contribution in [0.1, 0.15) is 30.7 Å². The average molecular weight is 406 g/mol. The quantitative estimate of drug-likeness (QED) is 0.649. The number of hydrogen-bond donors (Lipinski definition) is 1. The molecule has 0 fully saturated rings. The van der Waals surface area contributed by atoms with Crippen LogP contribution in [0.25, 0.3) is 11.5 Å². The molecule has 0 saturated carbocycles. The standard InChI is InChI=1S/C23H26N4O3/c1-3-29-20-9-8-16(13-21(20)30-4-2)14-27-12-10-17-19(15-27)25-22(26-23(17)28)18-7-5-6-11-24-18/h5-9,11,13H,3-4,10,12,14-15H2,1-2H3,(H,25,26,28). The molecule has 4 rings (SSSR count). The van der Waals surface area contributed by atoms with Gasteiger partial charge in [-0.15, -0.1) is 0 Å². The van der Waals surface area contributed by atoms with Crippen LogP contribution in [-0.2, 0) is 19.5 Å². The molecule has 0 amide bonds. The summed E-state index contributed by atoms with van der Waals surface area (Å²) in [5, 5.41) is 0. The third kappa shape index (κ3) is 4.36. The van der Waals surface area contributed by atoms with Gasteiger partial charge in [-0.3, -0.25) is 14.7 Å². The largest absolute Gasteiger partial charge is 0.490 e. The van der Waals surface area contributed by atoms with E-state index in [0.717, 1.165) is 41.4 Å². The van der Waals surface area contributed by atoms with Gasteiger partial charge < -0.3 is 14.5 Å². The first-order chi connectivity index (χ1) is 14.7. The minimum absolute atomic E-state index is 0.0694. The SMILES string of the molecule is CCOc1ccc(CN2CCc3c(nc(-c4ccccn4)[nH]c3=O)C2)cc1OCC. The van der Waals surface area contributed by atoms with Crippen LogP contribution in [0, 0.1) is 0 Å². The Labute approximate surface area is 175 Å². The Balaban J connectivity index is 1.55. The minimum atomic E-state index is -0.0694. The molecular weight excluding hydrogens is 380 g/mol. The zero-order chi connectivity index (χ0) is 20.9. The van der Waals surface area contributed by atoms with Gasteiger partial charge in [-0.1, -0.05) is 12.1 Å². The maximum Gasteiger partial charge on any atom is 0.254 e. The summed E-state index contributed by atoms with van der Waals surface area (Å²) in [6.07, 6.45) is 2.37. The van der Waals surface area contributed by atoms with E-state index >= 15 is 0 Å². The molecule has 0 aliphatic carbocycles. The molecule has 3 aromatic rings. The fraction of sp³-hybridized carbons (Fsp3) is 0.348. The summed E-state index contributed by atoms with van der Waals surface area (Å²) >= 11 is 0. The molecule has 0 bridgehead atoms. The van der Waals surface area contributed by atoms with E-state index in [4.69, 9.17) is 14.5 Å². The molecule has 1 aromatic carbocycles. The van der Waals surface area contributed by atoms with Crippen LogP contribution in [-0.4, -0.2) is 39.6 Å². The average Bonchev–Trinajstić information content (AvgIpc) is 2.76. The molecule has 0 atom stereocenters. The Morgan fingerprint density at radius 3 is 2.70 bits per heavy atom. The number of fused-ring (bicyclic) bond motifs is 1. The predicted octanol–water partition coefficient (Wildman–Crippen LogP) is 3.19. The van der Waals surface area contributed by atoms with Crippen molar-refractivity contribution in [3.63, 3.8) is 0 Å². The van der Waals surface area contributed by atoms with Crippen molar-refractivity contribution in [2.75, 3.05) is 19.8 Å². The number of H-pyrrole nitrogens is 1. The molecule has 7 heteroatoms. The molecule has 1 aliphatic heterocycles. The van der Waals surface area contributed by atoms with E-state index in [9.17, 15) is 4.79 Å². The summed E-state index contributed by atoms with van der Waals surface area (Å²) in [5.74, 6) is 2.04. The van der Waals surface area contributed by atoms with Gasteiger partial charge in [0, 0.05) is 31.4 Å². The van der Waals surface area contributed by atoms with Gasteiger partial charge >= 0.3 is 0 Å². The van der Waals surface area contributed by atoms with E-state index in [1.54, 1.807) is 6.20 Å². The van der Waals surface area contributed by atoms with Crippen LogP contribution >= 0.6 is 0 Å². The number of pyridine rings is 1. The third-order valence-corrected chi connectivity index (χ3v) is 5.07. The van der Waals surface area contributed by atoms with Crippen molar-refractivity contribution in [2.24, 2.45) is 0 Å². The number of nitrogens with zero attached hydrogens (tertiary/aromatic N) is 3. The molecule has 30 heavy (non-hydrogen) atoms. The lowest BCUT2D eigenvalue weighted by molar-refractivity contribution is 0.239. The van der Waals surface area contributed by atoms with Crippen molar-refractivity contribution in [2.45, 2.75) is 33.4 Å². The second kappa shape index (κ2) is 9.09. The number of aromatic nitrogens is 3. The highest BCUT2D eigenvalue weighted by atomic mass is 16.5. The normalized spacial score (nSPS) is 13.7. The first kappa shape index (κ1) is 20.1.